The molecule has 1 aromatic rings. The van der Waals surface area contributed by atoms with Crippen molar-refractivity contribution in [2.45, 2.75) is 71.4 Å². The molecule has 3 heteroatoms. The molecule has 0 aliphatic heterocycles. The Kier molecular flexibility index (Phi) is 4.81. The minimum atomic E-state index is 0.529. The van der Waals surface area contributed by atoms with E-state index in [0.717, 1.165) is 18.9 Å². The third-order valence-electron chi connectivity index (χ3n) is 3.81. The summed E-state index contributed by atoms with van der Waals surface area (Å²) < 4.78 is 2.25. The molecule has 1 aromatic heterocycles. The molecule has 2 rings (SSSR count). The molecule has 1 N–H and O–H groups in total. The quantitative estimate of drug-likeness (QED) is 0.717. The van der Waals surface area contributed by atoms with E-state index < -0.39 is 0 Å². The van der Waals surface area contributed by atoms with Crippen molar-refractivity contribution < 1.29 is 0 Å². The van der Waals surface area contributed by atoms with E-state index in [0.29, 0.717) is 6.04 Å². The summed E-state index contributed by atoms with van der Waals surface area (Å²) in [7, 11) is 0. The lowest BCUT2D eigenvalue weighted by molar-refractivity contribution is 0.424. The van der Waals surface area contributed by atoms with E-state index in [-0.39, 0.29) is 0 Å². The SMILES string of the molecule is CCc1cc(CC)n(C(C)CCCNC2CC2)n1. The molecule has 0 saturated heterocycles. The van der Waals surface area contributed by atoms with Crippen LogP contribution >= 0.6 is 0 Å². The van der Waals surface area contributed by atoms with Crippen LogP contribution in [-0.4, -0.2) is 22.4 Å². The molecule has 1 atom stereocenters. The molecule has 1 aliphatic rings. The van der Waals surface area contributed by atoms with Crippen LogP contribution in [0.3, 0.4) is 0 Å². The van der Waals surface area contributed by atoms with Gasteiger partial charge in [0, 0.05) is 17.8 Å². The summed E-state index contributed by atoms with van der Waals surface area (Å²) in [6.45, 7) is 7.85. The number of hydrogen-bond acceptors (Lipinski definition) is 2. The highest BCUT2D eigenvalue weighted by Crippen LogP contribution is 2.20. The molecule has 1 fully saturated rings. The molecule has 102 valence electrons. The van der Waals surface area contributed by atoms with Crippen molar-refractivity contribution in [2.24, 2.45) is 0 Å². The molecule has 1 heterocycles. The smallest absolute Gasteiger partial charge is 0.0624 e. The summed E-state index contributed by atoms with van der Waals surface area (Å²) in [5, 5.41) is 8.30. The molecule has 0 amide bonds. The Balaban J connectivity index is 1.81. The fourth-order valence-electron chi connectivity index (χ4n) is 2.42. The van der Waals surface area contributed by atoms with Crippen molar-refractivity contribution in [1.82, 2.24) is 15.1 Å². The Morgan fingerprint density at radius 2 is 2.17 bits per heavy atom. The van der Waals surface area contributed by atoms with Crippen LogP contribution in [0.25, 0.3) is 0 Å². The number of rotatable bonds is 8. The van der Waals surface area contributed by atoms with Gasteiger partial charge in [-0.25, -0.2) is 0 Å². The molecule has 1 aliphatic carbocycles. The molecule has 0 bridgehead atoms. The lowest BCUT2D eigenvalue weighted by Crippen LogP contribution is -2.19. The summed E-state index contributed by atoms with van der Waals surface area (Å²) in [4.78, 5) is 0. The third-order valence-corrected chi connectivity index (χ3v) is 3.81. The number of aryl methyl sites for hydroxylation is 2. The lowest BCUT2D eigenvalue weighted by atomic mass is 10.1. The second-order valence-corrected chi connectivity index (χ2v) is 5.50. The van der Waals surface area contributed by atoms with Crippen molar-refractivity contribution in [1.29, 1.82) is 0 Å². The molecule has 1 unspecified atom stereocenters. The first kappa shape index (κ1) is 13.6. The molecular weight excluding hydrogens is 222 g/mol. The van der Waals surface area contributed by atoms with Gasteiger partial charge >= 0.3 is 0 Å². The largest absolute Gasteiger partial charge is 0.314 e. The van der Waals surface area contributed by atoms with Crippen LogP contribution in [0, 0.1) is 0 Å². The summed E-state index contributed by atoms with van der Waals surface area (Å²) in [5.74, 6) is 0. The highest BCUT2D eigenvalue weighted by atomic mass is 15.3. The Labute approximate surface area is 111 Å². The maximum absolute atomic E-state index is 4.72. The average Bonchev–Trinajstić information content (AvgIpc) is 3.11. The van der Waals surface area contributed by atoms with Gasteiger partial charge in [-0.2, -0.15) is 5.10 Å². The van der Waals surface area contributed by atoms with Gasteiger partial charge in [-0.3, -0.25) is 4.68 Å². The predicted octanol–water partition coefficient (Wildman–Crippen LogP) is 3.10. The maximum atomic E-state index is 4.72. The first-order valence-corrected chi connectivity index (χ1v) is 7.55. The van der Waals surface area contributed by atoms with Gasteiger partial charge in [0.15, 0.2) is 0 Å². The van der Waals surface area contributed by atoms with Gasteiger partial charge in [-0.05, 0) is 58.1 Å². The highest BCUT2D eigenvalue weighted by molar-refractivity contribution is 5.11. The van der Waals surface area contributed by atoms with Crippen molar-refractivity contribution in [2.75, 3.05) is 6.54 Å². The van der Waals surface area contributed by atoms with Crippen LogP contribution < -0.4 is 5.32 Å². The number of nitrogens with one attached hydrogen (secondary N) is 1. The van der Waals surface area contributed by atoms with E-state index in [1.54, 1.807) is 0 Å². The zero-order valence-electron chi connectivity index (χ0n) is 12.1. The van der Waals surface area contributed by atoms with Crippen LogP contribution in [0.5, 0.6) is 0 Å². The molecule has 18 heavy (non-hydrogen) atoms. The summed E-state index contributed by atoms with van der Waals surface area (Å²) in [6, 6.07) is 3.63. The number of aromatic nitrogens is 2. The Morgan fingerprint density at radius 3 is 2.78 bits per heavy atom. The van der Waals surface area contributed by atoms with E-state index in [4.69, 9.17) is 5.10 Å². The molecule has 1 saturated carbocycles. The monoisotopic (exact) mass is 249 g/mol. The fourth-order valence-corrected chi connectivity index (χ4v) is 2.42. The van der Waals surface area contributed by atoms with Crippen molar-refractivity contribution in [3.8, 4) is 0 Å². The van der Waals surface area contributed by atoms with E-state index in [2.05, 4.69) is 36.8 Å². The molecule has 0 spiro atoms. The lowest BCUT2D eigenvalue weighted by Gasteiger charge is -2.15. The first-order chi connectivity index (χ1) is 8.74. The minimum Gasteiger partial charge on any atom is -0.314 e. The second-order valence-electron chi connectivity index (χ2n) is 5.50. The summed E-state index contributed by atoms with van der Waals surface area (Å²) in [5.41, 5.74) is 2.62. The third kappa shape index (κ3) is 3.58. The first-order valence-electron chi connectivity index (χ1n) is 7.55. The Hall–Kier alpha value is -0.830. The Bertz CT molecular complexity index is 366. The second kappa shape index (κ2) is 6.37. The van der Waals surface area contributed by atoms with E-state index in [1.165, 1.54) is 43.6 Å². The van der Waals surface area contributed by atoms with Gasteiger partial charge in [0.1, 0.15) is 0 Å². The number of nitrogens with zero attached hydrogens (tertiary/aromatic N) is 2. The molecule has 0 radical (unpaired) electrons. The van der Waals surface area contributed by atoms with Crippen LogP contribution in [0.1, 0.15) is 63.9 Å². The zero-order valence-corrected chi connectivity index (χ0v) is 12.1. The topological polar surface area (TPSA) is 29.9 Å². The van der Waals surface area contributed by atoms with Gasteiger partial charge in [-0.15, -0.1) is 0 Å². The minimum absolute atomic E-state index is 0.529. The van der Waals surface area contributed by atoms with E-state index >= 15 is 0 Å². The van der Waals surface area contributed by atoms with Gasteiger partial charge in [0.2, 0.25) is 0 Å². The fraction of sp³-hybridized carbons (Fsp3) is 0.800. The molecule has 3 nitrogen and oxygen atoms in total. The van der Waals surface area contributed by atoms with Crippen molar-refractivity contribution in [3.63, 3.8) is 0 Å². The summed E-state index contributed by atoms with van der Waals surface area (Å²) in [6.07, 6.45) is 7.36. The van der Waals surface area contributed by atoms with Crippen LogP contribution in [0.4, 0.5) is 0 Å². The number of hydrogen-bond donors (Lipinski definition) is 1. The van der Waals surface area contributed by atoms with E-state index in [1.807, 2.05) is 0 Å². The van der Waals surface area contributed by atoms with Gasteiger partial charge in [0.05, 0.1) is 5.69 Å². The maximum Gasteiger partial charge on any atom is 0.0624 e. The average molecular weight is 249 g/mol. The van der Waals surface area contributed by atoms with Crippen LogP contribution in [0.15, 0.2) is 6.07 Å². The van der Waals surface area contributed by atoms with Crippen molar-refractivity contribution in [3.05, 3.63) is 17.5 Å². The summed E-state index contributed by atoms with van der Waals surface area (Å²) >= 11 is 0. The van der Waals surface area contributed by atoms with Crippen LogP contribution in [0.2, 0.25) is 0 Å². The predicted molar refractivity (Wildman–Crippen MR) is 76.0 cm³/mol. The zero-order chi connectivity index (χ0) is 13.0. The normalized spacial score (nSPS) is 17.1. The molecule has 0 aromatic carbocycles. The van der Waals surface area contributed by atoms with Crippen molar-refractivity contribution >= 4 is 0 Å². The Morgan fingerprint density at radius 1 is 1.39 bits per heavy atom. The highest BCUT2D eigenvalue weighted by Gasteiger charge is 2.19. The van der Waals surface area contributed by atoms with Gasteiger partial charge < -0.3 is 5.32 Å². The van der Waals surface area contributed by atoms with Gasteiger partial charge in [-0.1, -0.05) is 13.8 Å². The molecular formula is C15H27N3. The standard InChI is InChI=1S/C15H27N3/c1-4-13-11-15(5-2)18(17-13)12(3)7-6-10-16-14-8-9-14/h11-12,14,16H,4-10H2,1-3H3. The van der Waals surface area contributed by atoms with E-state index in [9.17, 15) is 0 Å². The van der Waals surface area contributed by atoms with Crippen LogP contribution in [-0.2, 0) is 12.8 Å². The van der Waals surface area contributed by atoms with Gasteiger partial charge in [0.25, 0.3) is 0 Å².